The number of oxime groups is 1. The lowest BCUT2D eigenvalue weighted by atomic mass is 9.98. The van der Waals surface area contributed by atoms with Crippen LogP contribution in [-0.2, 0) is 36.6 Å². The third-order valence-corrected chi connectivity index (χ3v) is 11.5. The summed E-state index contributed by atoms with van der Waals surface area (Å²) in [7, 11) is -3.50. The number of hydrogen-bond acceptors (Lipinski definition) is 19. The normalized spacial score (nSPS) is 16.1. The molecule has 3 aromatic heterocycles. The Labute approximate surface area is 352 Å². The van der Waals surface area contributed by atoms with Crippen molar-refractivity contribution in [3.8, 4) is 22.1 Å². The van der Waals surface area contributed by atoms with Gasteiger partial charge in [-0.3, -0.25) is 29.0 Å². The molecule has 12 N–H and O–H groups in total. The van der Waals surface area contributed by atoms with Crippen LogP contribution in [0.1, 0.15) is 39.6 Å². The third-order valence-electron chi connectivity index (χ3n) is 8.47. The van der Waals surface area contributed by atoms with E-state index < -0.39 is 87.4 Å². The van der Waals surface area contributed by atoms with E-state index in [9.17, 15) is 52.3 Å². The van der Waals surface area contributed by atoms with Gasteiger partial charge in [-0.25, -0.2) is 23.6 Å². The molecule has 4 heterocycles. The number of carbonyl (C=O) groups excluding carboxylic acids is 4. The Balaban J connectivity index is 1.23. The molecule has 0 radical (unpaired) electrons. The fourth-order valence-electron chi connectivity index (χ4n) is 5.16. The van der Waals surface area contributed by atoms with Gasteiger partial charge in [0.1, 0.15) is 33.9 Å². The molecule has 1 unspecified atom stereocenters. The number of halogens is 1. The quantitative estimate of drug-likeness (QED) is 0.0149. The van der Waals surface area contributed by atoms with Crippen LogP contribution in [0.15, 0.2) is 41.3 Å². The van der Waals surface area contributed by atoms with E-state index in [1.807, 2.05) is 0 Å². The Morgan fingerprint density at radius 3 is 2.48 bits per heavy atom. The van der Waals surface area contributed by atoms with Gasteiger partial charge in [0.25, 0.3) is 23.6 Å². The van der Waals surface area contributed by atoms with Gasteiger partial charge < -0.3 is 47.6 Å². The highest BCUT2D eigenvalue weighted by atomic mass is 35.5. The minimum atomic E-state index is -5.16. The molecule has 0 aliphatic carbocycles. The predicted molar refractivity (Wildman–Crippen MR) is 212 cm³/mol. The molecule has 1 aliphatic rings. The number of carboxylic acids is 1. The maximum Gasteiger partial charge on any atom is 0.391 e. The average molecular weight is 912 g/mol. The van der Waals surface area contributed by atoms with E-state index in [2.05, 4.69) is 41.4 Å². The van der Waals surface area contributed by atoms with Crippen molar-refractivity contribution < 1.29 is 61.7 Å². The lowest BCUT2D eigenvalue weighted by molar-refractivity contribution is -0.659. The summed E-state index contributed by atoms with van der Waals surface area (Å²) >= 11 is 7.82. The van der Waals surface area contributed by atoms with Gasteiger partial charge >= 0.3 is 22.2 Å². The number of phenols is 2. The highest BCUT2D eigenvalue weighted by Gasteiger charge is 2.54. The minimum Gasteiger partial charge on any atom is -0.504 e. The number of anilines is 2. The molecule has 4 aromatic rings. The van der Waals surface area contributed by atoms with Crippen LogP contribution in [0.3, 0.4) is 0 Å². The Morgan fingerprint density at radius 2 is 1.87 bits per heavy atom. The number of carbonyl (C=O) groups is 5. The number of aryl methyl sites for hydroxylation is 1. The number of nitrogens with zero attached hydrogens (tertiary/aromatic N) is 6. The van der Waals surface area contributed by atoms with E-state index >= 15 is 0 Å². The maximum atomic E-state index is 13.4. The molecule has 1 aliphatic heterocycles. The molecular formula is C32H36ClN12O12S3+. The van der Waals surface area contributed by atoms with Crippen LogP contribution in [0.2, 0.25) is 5.02 Å². The number of nitrogen functional groups attached to an aromatic ring is 1. The van der Waals surface area contributed by atoms with Crippen molar-refractivity contribution in [3.63, 3.8) is 0 Å². The molecule has 28 heteroatoms. The number of thiazole rings is 2. The van der Waals surface area contributed by atoms with Gasteiger partial charge in [-0.05, 0) is 26.0 Å². The van der Waals surface area contributed by atoms with E-state index in [0.717, 1.165) is 42.6 Å². The van der Waals surface area contributed by atoms with Crippen molar-refractivity contribution in [1.82, 2.24) is 35.2 Å². The topological polar surface area (TPSA) is 368 Å². The molecule has 5 rings (SSSR count). The largest absolute Gasteiger partial charge is 0.504 e. The van der Waals surface area contributed by atoms with Crippen LogP contribution in [0, 0.1) is 0 Å². The predicted octanol–water partition coefficient (Wildman–Crippen LogP) is -1.19. The first-order valence-corrected chi connectivity index (χ1v) is 20.5. The highest BCUT2D eigenvalue weighted by Crippen LogP contribution is 2.35. The van der Waals surface area contributed by atoms with E-state index in [-0.39, 0.29) is 43.7 Å². The molecule has 60 heavy (non-hydrogen) atoms. The smallest absolute Gasteiger partial charge is 0.391 e. The molecule has 0 bridgehead atoms. The summed E-state index contributed by atoms with van der Waals surface area (Å²) in [6.45, 7) is 1.79. The zero-order valence-electron chi connectivity index (χ0n) is 31.3. The monoisotopic (exact) mass is 911 g/mol. The SMILES string of the molecule is C[n+]1cc(-c2ncc(C(=O)NC[C@@H]3[C@H](NC(=O)/C(=N\OC(C)(C)C(=O)O)c4csc(N)n4)C(=O)N3S(=O)(=O)O)s2)cnc1NC(CN)CNC(=O)c1ccc(O)c(O)c1Cl. The number of phenolic OH excluding ortho intramolecular Hbond substituents is 2. The Kier molecular flexibility index (Phi) is 13.4. The number of benzene rings is 1. The zero-order valence-corrected chi connectivity index (χ0v) is 34.5. The maximum absolute atomic E-state index is 13.4. The molecule has 3 atom stereocenters. The van der Waals surface area contributed by atoms with E-state index in [0.29, 0.717) is 16.5 Å². The average Bonchev–Trinajstić information content (AvgIpc) is 3.85. The number of aromatic nitrogens is 4. The molecule has 4 amide bonds. The molecule has 320 valence electrons. The third kappa shape index (κ3) is 9.94. The van der Waals surface area contributed by atoms with Crippen molar-refractivity contribution in [1.29, 1.82) is 0 Å². The van der Waals surface area contributed by atoms with Crippen molar-refractivity contribution in [2.75, 3.05) is 30.7 Å². The first-order chi connectivity index (χ1) is 28.1. The van der Waals surface area contributed by atoms with Crippen LogP contribution in [-0.4, -0.2) is 126 Å². The summed E-state index contributed by atoms with van der Waals surface area (Å²) in [4.78, 5) is 81.3. The molecule has 1 aromatic carbocycles. The van der Waals surface area contributed by atoms with Crippen molar-refractivity contribution in [2.45, 2.75) is 37.6 Å². The number of β-lactam (4-membered cyclic amide) rings is 1. The number of nitrogens with one attached hydrogen (secondary N) is 4. The first-order valence-electron chi connectivity index (χ1n) is 17.0. The van der Waals surface area contributed by atoms with Gasteiger partial charge in [-0.15, -0.1) is 22.7 Å². The zero-order chi connectivity index (χ0) is 44.3. The molecule has 1 saturated heterocycles. The van der Waals surface area contributed by atoms with Crippen molar-refractivity contribution in [2.24, 2.45) is 17.9 Å². The summed E-state index contributed by atoms with van der Waals surface area (Å²) in [5.74, 6) is -5.99. The van der Waals surface area contributed by atoms with Crippen LogP contribution >= 0.6 is 34.3 Å². The van der Waals surface area contributed by atoms with Crippen LogP contribution in [0.5, 0.6) is 11.5 Å². The Bertz CT molecular complexity index is 2500. The second-order valence-electron chi connectivity index (χ2n) is 13.1. The van der Waals surface area contributed by atoms with E-state index in [1.54, 1.807) is 17.8 Å². The number of nitrogens with two attached hydrogens (primary N) is 2. The molecule has 0 saturated carbocycles. The summed E-state index contributed by atoms with van der Waals surface area (Å²) < 4.78 is 35.6. The fraction of sp³-hybridized carbons (Fsp3) is 0.312. The standard InChI is InChI=1S/C32H35ClN12O12S3/c1-32(2,29(52)53)57-43-21(16-12-58-30(35)41-16)26(50)42-22-17(45(28(22)51)60(54,55)56)9-37-25(49)19-10-38-27(59-19)13-7-39-31(44(3)11-13)40-14(6-34)8-36-24(48)15-4-5-18(46)23(47)20(15)33/h4-5,7,10-12,14,17,22H,6,8-9,34H2,1-3H3,(H9,35,36,37,41,42,43,46,47,48,49,50,52,53,54,55,56)/p+1/t14?,17-,22+/m1/s1. The lowest BCUT2D eigenvalue weighted by Gasteiger charge is -2.44. The van der Waals surface area contributed by atoms with Crippen LogP contribution in [0.25, 0.3) is 10.6 Å². The fourth-order valence-corrected chi connectivity index (χ4v) is 7.64. The number of rotatable bonds is 17. The number of carboxylic acid groups (broad SMARTS) is 1. The summed E-state index contributed by atoms with van der Waals surface area (Å²) in [6.07, 6.45) is 4.33. The number of amides is 4. The van der Waals surface area contributed by atoms with Crippen LogP contribution < -0.4 is 37.3 Å². The van der Waals surface area contributed by atoms with Gasteiger partial charge in [0.2, 0.25) is 5.60 Å². The number of aliphatic carboxylic acids is 1. The number of hydrogen-bond donors (Lipinski definition) is 10. The summed E-state index contributed by atoms with van der Waals surface area (Å²) in [5.41, 5.74) is 9.32. The van der Waals surface area contributed by atoms with Crippen LogP contribution in [0.4, 0.5) is 11.1 Å². The first kappa shape index (κ1) is 44.8. The number of aromatic hydroxyl groups is 2. The summed E-state index contributed by atoms with van der Waals surface area (Å²) in [5, 5.41) is 44.2. The Morgan fingerprint density at radius 1 is 1.15 bits per heavy atom. The lowest BCUT2D eigenvalue weighted by Crippen LogP contribution is -2.74. The van der Waals surface area contributed by atoms with Crippen molar-refractivity contribution >= 4 is 91.0 Å². The second-order valence-corrected chi connectivity index (χ2v) is 16.7. The Hall–Kier alpha value is -6.26. The second kappa shape index (κ2) is 17.9. The minimum absolute atomic E-state index is 0.00496. The highest BCUT2D eigenvalue weighted by molar-refractivity contribution is 7.84. The van der Waals surface area contributed by atoms with Gasteiger partial charge in [0.05, 0.1) is 48.2 Å². The van der Waals surface area contributed by atoms with Gasteiger partial charge in [-0.1, -0.05) is 21.7 Å². The van der Waals surface area contributed by atoms with Gasteiger partial charge in [-0.2, -0.15) is 8.42 Å². The molecular weight excluding hydrogens is 876 g/mol. The molecule has 1 fully saturated rings. The van der Waals surface area contributed by atoms with E-state index in [4.69, 9.17) is 27.9 Å². The molecule has 0 spiro atoms. The van der Waals surface area contributed by atoms with E-state index in [1.165, 1.54) is 23.8 Å². The van der Waals surface area contributed by atoms with Crippen molar-refractivity contribution in [3.05, 3.63) is 57.3 Å². The summed E-state index contributed by atoms with van der Waals surface area (Å²) in [6, 6.07) is -1.31. The van der Waals surface area contributed by atoms with Gasteiger partial charge in [0.15, 0.2) is 22.3 Å². The molecule has 24 nitrogen and oxygen atoms in total. The van der Waals surface area contributed by atoms with Gasteiger partial charge in [0, 0.05) is 18.5 Å².